The third-order valence-corrected chi connectivity index (χ3v) is 3.22. The van der Waals surface area contributed by atoms with Gasteiger partial charge in [-0.15, -0.1) is 0 Å². The van der Waals surface area contributed by atoms with Crippen LogP contribution >= 0.6 is 0 Å². The fourth-order valence-electron chi connectivity index (χ4n) is 2.47. The Balaban J connectivity index is 2.58. The first-order chi connectivity index (χ1) is 6.25. The van der Waals surface area contributed by atoms with E-state index in [9.17, 15) is 0 Å². The van der Waals surface area contributed by atoms with Gasteiger partial charge in [0.25, 0.3) is 0 Å². The molecule has 0 amide bonds. The van der Waals surface area contributed by atoms with Crippen molar-refractivity contribution in [1.82, 2.24) is 0 Å². The molecule has 0 heterocycles. The number of rotatable bonds is 1. The zero-order valence-electron chi connectivity index (χ0n) is 8.59. The van der Waals surface area contributed by atoms with Crippen LogP contribution in [0.15, 0.2) is 29.8 Å². The van der Waals surface area contributed by atoms with E-state index in [1.807, 2.05) is 0 Å². The SMILES string of the molecule is CCC1=C(C)c2ccccc2C1C. The standard InChI is InChI=1S/C13H16/c1-4-11-9(2)12-7-5-6-8-13(12)10(11)3/h5-9H,4H2,1-3H3. The molecule has 0 fully saturated rings. The van der Waals surface area contributed by atoms with Crippen LogP contribution in [0, 0.1) is 0 Å². The molecule has 0 aromatic heterocycles. The summed E-state index contributed by atoms with van der Waals surface area (Å²) in [5.74, 6) is 0.640. The van der Waals surface area contributed by atoms with E-state index in [1.54, 1.807) is 5.57 Å². The zero-order chi connectivity index (χ0) is 9.42. The van der Waals surface area contributed by atoms with Gasteiger partial charge in [0.15, 0.2) is 0 Å². The Morgan fingerprint density at radius 1 is 1.23 bits per heavy atom. The Kier molecular flexibility index (Phi) is 1.99. The summed E-state index contributed by atoms with van der Waals surface area (Å²) in [5, 5.41) is 0. The van der Waals surface area contributed by atoms with Crippen LogP contribution in [0.5, 0.6) is 0 Å². The van der Waals surface area contributed by atoms with Gasteiger partial charge in [-0.25, -0.2) is 0 Å². The third kappa shape index (κ3) is 1.13. The molecule has 0 aliphatic heterocycles. The lowest BCUT2D eigenvalue weighted by Gasteiger charge is -2.08. The monoisotopic (exact) mass is 172 g/mol. The zero-order valence-corrected chi connectivity index (χ0v) is 8.59. The van der Waals surface area contributed by atoms with Crippen molar-refractivity contribution in [2.45, 2.75) is 33.1 Å². The van der Waals surface area contributed by atoms with E-state index in [0.717, 1.165) is 0 Å². The predicted octanol–water partition coefficient (Wildman–Crippen LogP) is 3.99. The molecule has 13 heavy (non-hydrogen) atoms. The van der Waals surface area contributed by atoms with Gasteiger partial charge in [0.2, 0.25) is 0 Å². The minimum absolute atomic E-state index is 0.640. The average Bonchev–Trinajstić information content (AvgIpc) is 2.41. The number of allylic oxidation sites excluding steroid dienone is 2. The average molecular weight is 172 g/mol. The van der Waals surface area contributed by atoms with Crippen molar-refractivity contribution in [3.05, 3.63) is 41.0 Å². The topological polar surface area (TPSA) is 0 Å². The summed E-state index contributed by atoms with van der Waals surface area (Å²) in [4.78, 5) is 0. The first-order valence-electron chi connectivity index (χ1n) is 5.04. The van der Waals surface area contributed by atoms with Gasteiger partial charge < -0.3 is 0 Å². The molecule has 0 saturated carbocycles. The maximum Gasteiger partial charge on any atom is 0.00316 e. The third-order valence-electron chi connectivity index (χ3n) is 3.22. The molecule has 1 aromatic carbocycles. The molecule has 1 aromatic rings. The first kappa shape index (κ1) is 8.55. The fraction of sp³-hybridized carbons (Fsp3) is 0.385. The molecule has 0 bridgehead atoms. The number of benzene rings is 1. The molecule has 0 nitrogen and oxygen atoms in total. The van der Waals surface area contributed by atoms with Crippen LogP contribution in [-0.2, 0) is 0 Å². The maximum atomic E-state index is 2.31. The second kappa shape index (κ2) is 3.02. The van der Waals surface area contributed by atoms with Crippen LogP contribution in [0.2, 0.25) is 0 Å². The molecule has 1 aliphatic carbocycles. The fourth-order valence-corrected chi connectivity index (χ4v) is 2.47. The van der Waals surface area contributed by atoms with Gasteiger partial charge in [-0.05, 0) is 30.0 Å². The molecule has 0 radical (unpaired) electrons. The Hall–Kier alpha value is -1.04. The van der Waals surface area contributed by atoms with E-state index >= 15 is 0 Å². The summed E-state index contributed by atoms with van der Waals surface area (Å²) in [6.07, 6.45) is 1.18. The van der Waals surface area contributed by atoms with Gasteiger partial charge in [-0.1, -0.05) is 43.7 Å². The Bertz CT molecular complexity index is 358. The molecule has 1 atom stereocenters. The summed E-state index contributed by atoms with van der Waals surface area (Å²) in [6.45, 7) is 6.82. The van der Waals surface area contributed by atoms with Crippen LogP contribution < -0.4 is 0 Å². The van der Waals surface area contributed by atoms with E-state index in [0.29, 0.717) is 5.92 Å². The number of hydrogen-bond donors (Lipinski definition) is 0. The summed E-state index contributed by atoms with van der Waals surface area (Å²) in [6, 6.07) is 8.77. The second-order valence-electron chi connectivity index (χ2n) is 3.81. The van der Waals surface area contributed by atoms with Crippen LogP contribution in [0.1, 0.15) is 44.2 Å². The minimum Gasteiger partial charge on any atom is -0.0619 e. The summed E-state index contributed by atoms with van der Waals surface area (Å²) >= 11 is 0. The summed E-state index contributed by atoms with van der Waals surface area (Å²) < 4.78 is 0. The largest absolute Gasteiger partial charge is 0.0619 e. The van der Waals surface area contributed by atoms with Crippen LogP contribution in [-0.4, -0.2) is 0 Å². The van der Waals surface area contributed by atoms with E-state index in [2.05, 4.69) is 45.0 Å². The van der Waals surface area contributed by atoms with Crippen molar-refractivity contribution in [3.8, 4) is 0 Å². The highest BCUT2D eigenvalue weighted by Gasteiger charge is 2.23. The highest BCUT2D eigenvalue weighted by atomic mass is 14.3. The highest BCUT2D eigenvalue weighted by molar-refractivity contribution is 5.76. The van der Waals surface area contributed by atoms with Crippen LogP contribution in [0.3, 0.4) is 0 Å². The van der Waals surface area contributed by atoms with E-state index in [-0.39, 0.29) is 0 Å². The molecular weight excluding hydrogens is 156 g/mol. The van der Waals surface area contributed by atoms with E-state index in [4.69, 9.17) is 0 Å². The molecule has 1 unspecified atom stereocenters. The molecule has 0 spiro atoms. The van der Waals surface area contributed by atoms with Crippen molar-refractivity contribution in [1.29, 1.82) is 0 Å². The first-order valence-corrected chi connectivity index (χ1v) is 5.04. The quantitative estimate of drug-likeness (QED) is 0.601. The van der Waals surface area contributed by atoms with Crippen molar-refractivity contribution < 1.29 is 0 Å². The lowest BCUT2D eigenvalue weighted by atomic mass is 9.96. The highest BCUT2D eigenvalue weighted by Crippen LogP contribution is 2.42. The molecular formula is C13H16. The van der Waals surface area contributed by atoms with Crippen molar-refractivity contribution in [2.75, 3.05) is 0 Å². The Morgan fingerprint density at radius 3 is 2.54 bits per heavy atom. The van der Waals surface area contributed by atoms with Crippen molar-refractivity contribution >= 4 is 5.57 Å². The van der Waals surface area contributed by atoms with E-state index < -0.39 is 0 Å². The molecule has 0 N–H and O–H groups in total. The lowest BCUT2D eigenvalue weighted by Crippen LogP contribution is -1.91. The smallest absolute Gasteiger partial charge is 0.00316 e. The summed E-state index contributed by atoms with van der Waals surface area (Å²) in [5.41, 5.74) is 6.09. The lowest BCUT2D eigenvalue weighted by molar-refractivity contribution is 0.862. The molecule has 0 heteroatoms. The van der Waals surface area contributed by atoms with Gasteiger partial charge in [0.1, 0.15) is 0 Å². The molecule has 1 aliphatic rings. The van der Waals surface area contributed by atoms with Crippen molar-refractivity contribution in [2.24, 2.45) is 0 Å². The number of fused-ring (bicyclic) bond motifs is 1. The van der Waals surface area contributed by atoms with Gasteiger partial charge in [0, 0.05) is 5.92 Å². The summed E-state index contributed by atoms with van der Waals surface area (Å²) in [7, 11) is 0. The normalized spacial score (nSPS) is 20.7. The van der Waals surface area contributed by atoms with Crippen molar-refractivity contribution in [3.63, 3.8) is 0 Å². The second-order valence-corrected chi connectivity index (χ2v) is 3.81. The van der Waals surface area contributed by atoms with E-state index in [1.165, 1.54) is 23.1 Å². The van der Waals surface area contributed by atoms with Crippen LogP contribution in [0.4, 0.5) is 0 Å². The maximum absolute atomic E-state index is 2.31. The Labute approximate surface area is 80.3 Å². The van der Waals surface area contributed by atoms with Crippen LogP contribution in [0.25, 0.3) is 5.57 Å². The Morgan fingerprint density at radius 2 is 1.92 bits per heavy atom. The van der Waals surface area contributed by atoms with Gasteiger partial charge in [0.05, 0.1) is 0 Å². The van der Waals surface area contributed by atoms with Gasteiger partial charge >= 0.3 is 0 Å². The van der Waals surface area contributed by atoms with Gasteiger partial charge in [-0.2, -0.15) is 0 Å². The predicted molar refractivity (Wildman–Crippen MR) is 57.7 cm³/mol. The molecule has 68 valence electrons. The van der Waals surface area contributed by atoms with Gasteiger partial charge in [-0.3, -0.25) is 0 Å². The number of hydrogen-bond acceptors (Lipinski definition) is 0. The molecule has 0 saturated heterocycles. The molecule has 2 rings (SSSR count). The minimum atomic E-state index is 0.640.